The maximum Gasteiger partial charge on any atom is 0.307 e. The monoisotopic (exact) mass is 1010 g/mol. The summed E-state index contributed by atoms with van der Waals surface area (Å²) >= 11 is 0. The van der Waals surface area contributed by atoms with E-state index in [1.165, 1.54) is 128 Å². The van der Waals surface area contributed by atoms with E-state index in [9.17, 15) is 9.59 Å². The maximum absolute atomic E-state index is 13.2. The average Bonchev–Trinajstić information content (AvgIpc) is 3.88. The molecule has 16 atom stereocenters. The van der Waals surface area contributed by atoms with Gasteiger partial charge in [0.05, 0.1) is 12.8 Å². The molecule has 0 heterocycles. The Labute approximate surface area is 449 Å². The van der Waals surface area contributed by atoms with E-state index in [0.29, 0.717) is 23.7 Å². The molecule has 0 bridgehead atoms. The summed E-state index contributed by atoms with van der Waals surface area (Å²) in [5.41, 5.74) is 4.85. The van der Waals surface area contributed by atoms with Gasteiger partial charge in [-0.15, -0.1) is 0 Å². The minimum Gasteiger partial charge on any atom is -0.462 e. The molecule has 6 nitrogen and oxygen atoms in total. The van der Waals surface area contributed by atoms with Crippen LogP contribution in [0.25, 0.3) is 0 Å². The first-order chi connectivity index (χ1) is 34.8. The number of ether oxygens (including phenoxy) is 2. The van der Waals surface area contributed by atoms with Crippen LogP contribution in [0.15, 0.2) is 23.3 Å². The smallest absolute Gasteiger partial charge is 0.307 e. The Kier molecular flexibility index (Phi) is 19.4. The maximum atomic E-state index is 13.2. The van der Waals surface area contributed by atoms with Gasteiger partial charge in [-0.2, -0.15) is 0 Å². The Hall–Kier alpha value is -1.66. The van der Waals surface area contributed by atoms with E-state index in [2.05, 4.69) is 105 Å². The van der Waals surface area contributed by atoms with E-state index in [-0.39, 0.29) is 35.0 Å². The van der Waals surface area contributed by atoms with Crippen LogP contribution in [0.1, 0.15) is 243 Å². The Morgan fingerprint density at radius 3 is 1.34 bits per heavy atom. The van der Waals surface area contributed by atoms with Crippen molar-refractivity contribution in [2.75, 3.05) is 40.3 Å². The van der Waals surface area contributed by atoms with Gasteiger partial charge < -0.3 is 19.3 Å². The number of esters is 2. The second kappa shape index (κ2) is 24.6. The number of fused-ring (bicyclic) bond motifs is 10. The molecule has 6 heteroatoms. The van der Waals surface area contributed by atoms with Crippen LogP contribution in [0.2, 0.25) is 0 Å². The molecule has 6 fully saturated rings. The molecule has 0 aromatic carbocycles. The summed E-state index contributed by atoms with van der Waals surface area (Å²) in [6.45, 7) is 28.3. The molecule has 8 aliphatic carbocycles. The molecule has 0 aliphatic heterocycles. The van der Waals surface area contributed by atoms with Crippen LogP contribution < -0.4 is 0 Å². The first-order valence-corrected chi connectivity index (χ1v) is 32.0. The van der Waals surface area contributed by atoms with Crippen LogP contribution in [-0.2, 0) is 19.1 Å². The standard InChI is InChI=1S/C67H114N2O4/c1-13-48(46(3)4)18-15-20-50-24-28-58-56-26-22-52-44-54(30-36-66(52,9)60(56)32-38-64(50,58)7)72-62(70)34-42-68(11)40-17-41-69(12)43-35-63(71)73-55-31-37-67(10)53(45-55)23-27-57-59-29-25-51(65(59,8)39-33-61(57)67)21-16-19-49(14-2)47(5)6/h22-23,46-51,54-61H,13-21,24-45H2,1-12H3/t48?,49?,50?,51?,54?,55?,56?,57?,58?,59?,60?,61?,64-,65-,66+,67+/m1/s1. The molecule has 73 heavy (non-hydrogen) atoms. The Morgan fingerprint density at radius 2 is 0.959 bits per heavy atom. The fourth-order valence-electron chi connectivity index (χ4n) is 19.8. The lowest BCUT2D eigenvalue weighted by atomic mass is 9.47. The summed E-state index contributed by atoms with van der Waals surface area (Å²) in [4.78, 5) is 31.0. The molecule has 12 unspecified atom stereocenters. The normalized spacial score (nSPS) is 38.7. The Balaban J connectivity index is 0.694. The topological polar surface area (TPSA) is 59.1 Å². The minimum absolute atomic E-state index is 0.0312. The molecule has 8 rings (SSSR count). The van der Waals surface area contributed by atoms with E-state index in [1.807, 2.05) is 0 Å². The highest BCUT2D eigenvalue weighted by Gasteiger charge is 2.60. The van der Waals surface area contributed by atoms with E-state index in [4.69, 9.17) is 9.47 Å². The first kappa shape index (κ1) is 57.5. The summed E-state index contributed by atoms with van der Waals surface area (Å²) in [5.74, 6) is 10.2. The zero-order chi connectivity index (χ0) is 52.3. The van der Waals surface area contributed by atoms with Gasteiger partial charge in [-0.1, -0.05) is 131 Å². The third kappa shape index (κ3) is 12.5. The Morgan fingerprint density at radius 1 is 0.548 bits per heavy atom. The second-order valence-electron chi connectivity index (χ2n) is 29.0. The molecule has 0 saturated heterocycles. The largest absolute Gasteiger partial charge is 0.462 e. The van der Waals surface area contributed by atoms with Crippen molar-refractivity contribution in [2.24, 2.45) is 92.7 Å². The lowest BCUT2D eigenvalue weighted by Gasteiger charge is -2.58. The number of nitrogens with zero attached hydrogens (tertiary/aromatic N) is 2. The van der Waals surface area contributed by atoms with Gasteiger partial charge in [0, 0.05) is 25.9 Å². The predicted molar refractivity (Wildman–Crippen MR) is 304 cm³/mol. The van der Waals surface area contributed by atoms with Gasteiger partial charge >= 0.3 is 11.9 Å². The highest BCUT2D eigenvalue weighted by Crippen LogP contribution is 2.69. The van der Waals surface area contributed by atoms with Gasteiger partial charge in [0.1, 0.15) is 12.2 Å². The van der Waals surface area contributed by atoms with Crippen LogP contribution in [0.3, 0.4) is 0 Å². The van der Waals surface area contributed by atoms with Gasteiger partial charge in [0.2, 0.25) is 0 Å². The van der Waals surface area contributed by atoms with Gasteiger partial charge in [-0.25, -0.2) is 0 Å². The van der Waals surface area contributed by atoms with E-state index in [0.717, 1.165) is 129 Å². The van der Waals surface area contributed by atoms with Gasteiger partial charge in [0.15, 0.2) is 0 Å². The third-order valence-corrected chi connectivity index (χ3v) is 24.8. The SMILES string of the molecule is CCC(CCCC1CCC2C3CC=C4CC(OC(=O)CCN(C)CCCN(C)CCC(=O)OC5CC[C@@]6(C)C(=CCC7C8CCC(CCCC(CC)C(C)C)[C@@]8(C)CCC76)C5)CC[C@]4(C)C3CC[C@]12C)C(C)C. The van der Waals surface area contributed by atoms with Gasteiger partial charge in [-0.05, 0) is 229 Å². The quantitative estimate of drug-likeness (QED) is 0.0709. The number of carbonyl (C=O) groups is 2. The third-order valence-electron chi connectivity index (χ3n) is 24.8. The molecule has 0 aromatic rings. The van der Waals surface area contributed by atoms with Gasteiger partial charge in [0.25, 0.3) is 0 Å². The summed E-state index contributed by atoms with van der Waals surface area (Å²) in [6.07, 6.45) is 38.6. The number of carbonyl (C=O) groups excluding carboxylic acids is 2. The number of rotatable bonds is 24. The highest BCUT2D eigenvalue weighted by molar-refractivity contribution is 5.70. The summed E-state index contributed by atoms with van der Waals surface area (Å²) < 4.78 is 12.5. The number of hydrogen-bond donors (Lipinski definition) is 0. The lowest BCUT2D eigenvalue weighted by molar-refractivity contribution is -0.152. The first-order valence-electron chi connectivity index (χ1n) is 32.0. The molecule has 0 spiro atoms. The fraction of sp³-hybridized carbons (Fsp3) is 0.910. The van der Waals surface area contributed by atoms with Gasteiger partial charge in [-0.3, -0.25) is 9.59 Å². The number of allylic oxidation sites excluding steroid dienone is 2. The molecule has 0 amide bonds. The van der Waals surface area contributed by atoms with Crippen LogP contribution in [-0.4, -0.2) is 74.2 Å². The van der Waals surface area contributed by atoms with Crippen molar-refractivity contribution >= 4 is 11.9 Å². The molecule has 6 saturated carbocycles. The van der Waals surface area contributed by atoms with E-state index < -0.39 is 0 Å². The molecular formula is C67H114N2O4. The van der Waals surface area contributed by atoms with E-state index >= 15 is 0 Å². The van der Waals surface area contributed by atoms with Crippen LogP contribution in [0.4, 0.5) is 0 Å². The summed E-state index contributed by atoms with van der Waals surface area (Å²) in [7, 11) is 4.25. The van der Waals surface area contributed by atoms with Crippen molar-refractivity contribution in [3.8, 4) is 0 Å². The molecule has 416 valence electrons. The van der Waals surface area contributed by atoms with Crippen molar-refractivity contribution in [2.45, 2.75) is 255 Å². The van der Waals surface area contributed by atoms with Crippen LogP contribution >= 0.6 is 0 Å². The molecule has 0 radical (unpaired) electrons. The molecule has 0 aromatic heterocycles. The summed E-state index contributed by atoms with van der Waals surface area (Å²) in [5, 5.41) is 0. The zero-order valence-electron chi connectivity index (χ0n) is 49.7. The molecule has 0 N–H and O–H groups in total. The van der Waals surface area contributed by atoms with Crippen LogP contribution in [0, 0.1) is 92.7 Å². The van der Waals surface area contributed by atoms with Crippen molar-refractivity contribution in [3.05, 3.63) is 23.3 Å². The number of hydrogen-bond acceptors (Lipinski definition) is 6. The zero-order valence-corrected chi connectivity index (χ0v) is 49.7. The van der Waals surface area contributed by atoms with E-state index in [1.54, 1.807) is 11.1 Å². The summed E-state index contributed by atoms with van der Waals surface area (Å²) in [6, 6.07) is 0. The second-order valence-corrected chi connectivity index (χ2v) is 29.0. The molecule has 8 aliphatic rings. The lowest BCUT2D eigenvalue weighted by Crippen LogP contribution is -2.50. The van der Waals surface area contributed by atoms with Crippen molar-refractivity contribution in [1.82, 2.24) is 9.80 Å². The Bertz CT molecular complexity index is 1760. The fourth-order valence-corrected chi connectivity index (χ4v) is 19.8. The van der Waals surface area contributed by atoms with Crippen molar-refractivity contribution in [3.63, 3.8) is 0 Å². The molecular weight excluding hydrogens is 897 g/mol. The van der Waals surface area contributed by atoms with Crippen molar-refractivity contribution in [1.29, 1.82) is 0 Å². The van der Waals surface area contributed by atoms with Crippen LogP contribution in [0.5, 0.6) is 0 Å². The van der Waals surface area contributed by atoms with Crippen molar-refractivity contribution < 1.29 is 19.1 Å². The highest BCUT2D eigenvalue weighted by atomic mass is 16.5. The average molecular weight is 1010 g/mol. The minimum atomic E-state index is -0.0343. The predicted octanol–water partition coefficient (Wildman–Crippen LogP) is 16.7.